The average molecular weight is 362 g/mol. The summed E-state index contributed by atoms with van der Waals surface area (Å²) >= 11 is 0. The third-order valence-corrected chi connectivity index (χ3v) is 5.37. The number of hydrogen-bond acceptors (Lipinski definition) is 4. The number of carbonyl (C=O) groups excluding carboxylic acids is 1. The number of amides is 1. The van der Waals surface area contributed by atoms with Gasteiger partial charge in [0.15, 0.2) is 0 Å². The van der Waals surface area contributed by atoms with Crippen LogP contribution in [-0.4, -0.2) is 40.7 Å². The van der Waals surface area contributed by atoms with E-state index in [9.17, 15) is 4.79 Å². The van der Waals surface area contributed by atoms with Gasteiger partial charge in [0, 0.05) is 31.6 Å². The Morgan fingerprint density at radius 1 is 1.19 bits per heavy atom. The van der Waals surface area contributed by atoms with Crippen LogP contribution in [0.2, 0.25) is 0 Å². The van der Waals surface area contributed by atoms with Crippen molar-refractivity contribution < 1.29 is 9.53 Å². The topological polar surface area (TPSA) is 68.2 Å². The Labute approximate surface area is 157 Å². The molecule has 0 aliphatic carbocycles. The minimum Gasteiger partial charge on any atom is -0.489 e. The minimum atomic E-state index is -0.180. The van der Waals surface area contributed by atoms with Crippen LogP contribution in [0.4, 0.5) is 0 Å². The van der Waals surface area contributed by atoms with E-state index in [1.165, 1.54) is 0 Å². The fraction of sp³-hybridized carbons (Fsp3) is 0.333. The van der Waals surface area contributed by atoms with Gasteiger partial charge in [-0.1, -0.05) is 24.3 Å². The van der Waals surface area contributed by atoms with Crippen LogP contribution in [0.1, 0.15) is 12.8 Å². The molecular formula is C21H22N4O2. The van der Waals surface area contributed by atoms with E-state index >= 15 is 0 Å². The van der Waals surface area contributed by atoms with E-state index < -0.39 is 0 Å². The molecule has 3 heterocycles. The molecule has 0 radical (unpaired) electrons. The average Bonchev–Trinajstić information content (AvgIpc) is 3.32. The Morgan fingerprint density at radius 3 is 3.07 bits per heavy atom. The van der Waals surface area contributed by atoms with Crippen LogP contribution < -0.4 is 15.4 Å². The first-order valence-electron chi connectivity index (χ1n) is 9.50. The molecule has 1 aromatic heterocycles. The molecule has 0 unspecified atom stereocenters. The summed E-state index contributed by atoms with van der Waals surface area (Å²) in [6.07, 6.45) is 3.44. The first-order valence-corrected chi connectivity index (χ1v) is 9.50. The fourth-order valence-electron chi connectivity index (χ4n) is 4.04. The Bertz CT molecular complexity index is 997. The molecule has 5 rings (SSSR count). The number of nitrogens with one attached hydrogen (secondary N) is 2. The van der Waals surface area contributed by atoms with Gasteiger partial charge in [-0.2, -0.15) is 0 Å². The van der Waals surface area contributed by atoms with Crippen LogP contribution in [0.3, 0.4) is 0 Å². The number of benzene rings is 2. The molecule has 2 atom stereocenters. The van der Waals surface area contributed by atoms with Gasteiger partial charge >= 0.3 is 0 Å². The summed E-state index contributed by atoms with van der Waals surface area (Å²) in [5.41, 5.74) is 4.37. The SMILES string of the molecule is O=C1NCCCn2cnc3cccc(c32)-c2cccc(c2)O[C@@H]2CN[C@H]1C2. The largest absolute Gasteiger partial charge is 0.489 e. The van der Waals surface area contributed by atoms with Gasteiger partial charge in [-0.25, -0.2) is 4.98 Å². The monoisotopic (exact) mass is 362 g/mol. The van der Waals surface area contributed by atoms with Crippen molar-refractivity contribution in [3.8, 4) is 16.9 Å². The summed E-state index contributed by atoms with van der Waals surface area (Å²) in [6, 6.07) is 14.2. The zero-order chi connectivity index (χ0) is 18.2. The zero-order valence-corrected chi connectivity index (χ0v) is 15.0. The molecule has 4 bridgehead atoms. The van der Waals surface area contributed by atoms with Crippen LogP contribution in [0.15, 0.2) is 48.8 Å². The highest BCUT2D eigenvalue weighted by Crippen LogP contribution is 2.31. The number of rotatable bonds is 0. The van der Waals surface area contributed by atoms with E-state index in [1.54, 1.807) is 0 Å². The van der Waals surface area contributed by atoms with Crippen molar-refractivity contribution >= 4 is 16.9 Å². The Morgan fingerprint density at radius 2 is 2.11 bits per heavy atom. The second kappa shape index (κ2) is 6.70. The van der Waals surface area contributed by atoms with Gasteiger partial charge in [0.05, 0.1) is 23.4 Å². The molecule has 2 aliphatic heterocycles. The van der Waals surface area contributed by atoms with Crippen molar-refractivity contribution in [1.29, 1.82) is 0 Å². The van der Waals surface area contributed by atoms with Crippen molar-refractivity contribution in [2.75, 3.05) is 13.1 Å². The molecule has 2 aromatic carbocycles. The lowest BCUT2D eigenvalue weighted by Gasteiger charge is -2.14. The van der Waals surface area contributed by atoms with Crippen molar-refractivity contribution in [2.24, 2.45) is 0 Å². The number of fused-ring (bicyclic) bond motifs is 5. The normalized spacial score (nSPS) is 22.6. The van der Waals surface area contributed by atoms with Crippen LogP contribution in [0, 0.1) is 0 Å². The van der Waals surface area contributed by atoms with Gasteiger partial charge in [-0.3, -0.25) is 4.79 Å². The first-order chi connectivity index (χ1) is 13.3. The van der Waals surface area contributed by atoms with E-state index in [4.69, 9.17) is 4.74 Å². The number of hydrogen-bond donors (Lipinski definition) is 2. The molecule has 3 aromatic rings. The van der Waals surface area contributed by atoms with Gasteiger partial charge in [0.25, 0.3) is 0 Å². The van der Waals surface area contributed by atoms with Crippen molar-refractivity contribution in [1.82, 2.24) is 20.2 Å². The Balaban J connectivity index is 1.59. The number of carbonyl (C=O) groups is 1. The van der Waals surface area contributed by atoms with E-state index in [0.717, 1.165) is 40.9 Å². The molecule has 0 spiro atoms. The maximum absolute atomic E-state index is 12.4. The van der Waals surface area contributed by atoms with Crippen LogP contribution >= 0.6 is 0 Å². The number of imidazole rings is 1. The predicted molar refractivity (Wildman–Crippen MR) is 104 cm³/mol. The molecule has 138 valence electrons. The van der Waals surface area contributed by atoms with Gasteiger partial charge in [0.2, 0.25) is 5.91 Å². The first kappa shape index (κ1) is 16.3. The van der Waals surface area contributed by atoms with E-state index in [2.05, 4.69) is 38.4 Å². The van der Waals surface area contributed by atoms with Gasteiger partial charge in [0.1, 0.15) is 11.9 Å². The summed E-state index contributed by atoms with van der Waals surface area (Å²) in [5, 5.41) is 6.32. The third kappa shape index (κ3) is 3.06. The number of ether oxygens (including phenoxy) is 1. The zero-order valence-electron chi connectivity index (χ0n) is 15.0. The fourth-order valence-corrected chi connectivity index (χ4v) is 4.04. The maximum atomic E-state index is 12.4. The van der Waals surface area contributed by atoms with Gasteiger partial charge in [-0.15, -0.1) is 0 Å². The van der Waals surface area contributed by atoms with Gasteiger partial charge < -0.3 is 19.9 Å². The lowest BCUT2D eigenvalue weighted by Crippen LogP contribution is -2.40. The lowest BCUT2D eigenvalue weighted by molar-refractivity contribution is -0.122. The summed E-state index contributed by atoms with van der Waals surface area (Å²) in [7, 11) is 0. The number of para-hydroxylation sites is 1. The van der Waals surface area contributed by atoms with Crippen molar-refractivity contribution in [2.45, 2.75) is 31.5 Å². The second-order valence-corrected chi connectivity index (χ2v) is 7.22. The highest BCUT2D eigenvalue weighted by Gasteiger charge is 2.30. The molecule has 2 aliphatic rings. The molecule has 2 N–H and O–H groups in total. The second-order valence-electron chi connectivity index (χ2n) is 7.22. The van der Waals surface area contributed by atoms with Crippen molar-refractivity contribution in [3.05, 3.63) is 48.8 Å². The smallest absolute Gasteiger partial charge is 0.237 e. The highest BCUT2D eigenvalue weighted by molar-refractivity contribution is 5.92. The van der Waals surface area contributed by atoms with Crippen LogP contribution in [-0.2, 0) is 11.3 Å². The van der Waals surface area contributed by atoms with Crippen LogP contribution in [0.5, 0.6) is 5.75 Å². The molecule has 1 amide bonds. The highest BCUT2D eigenvalue weighted by atomic mass is 16.5. The van der Waals surface area contributed by atoms with Crippen LogP contribution in [0.25, 0.3) is 22.2 Å². The molecule has 1 fully saturated rings. The summed E-state index contributed by atoms with van der Waals surface area (Å²) in [5.74, 6) is 0.888. The minimum absolute atomic E-state index is 0.00227. The van der Waals surface area contributed by atoms with E-state index in [1.807, 2.05) is 30.6 Å². The molecular weight excluding hydrogens is 340 g/mol. The number of aryl methyl sites for hydroxylation is 1. The molecule has 27 heavy (non-hydrogen) atoms. The van der Waals surface area contributed by atoms with Gasteiger partial charge in [-0.05, 0) is 30.2 Å². The predicted octanol–water partition coefficient (Wildman–Crippen LogP) is 2.33. The summed E-state index contributed by atoms with van der Waals surface area (Å²) in [4.78, 5) is 16.9. The standard InChI is InChI=1S/C21H22N4O2/c26-21-19-11-16(12-23-19)27-15-5-1-4-14(10-15)17-6-2-7-18-20(17)25(13-24-18)9-3-8-22-21/h1-2,4-7,10,13,16,19,23H,3,8-9,11-12H2,(H,22,26)/t16-,19-/m0/s1. The maximum Gasteiger partial charge on any atom is 0.237 e. The number of nitrogens with zero attached hydrogens (tertiary/aromatic N) is 2. The molecule has 0 saturated carbocycles. The summed E-state index contributed by atoms with van der Waals surface area (Å²) in [6.45, 7) is 2.15. The molecule has 6 nitrogen and oxygen atoms in total. The Kier molecular flexibility index (Phi) is 4.05. The van der Waals surface area contributed by atoms with Crippen molar-refractivity contribution in [3.63, 3.8) is 0 Å². The molecule has 6 heteroatoms. The lowest BCUT2D eigenvalue weighted by atomic mass is 10.0. The quantitative estimate of drug-likeness (QED) is 0.644. The van der Waals surface area contributed by atoms with E-state index in [-0.39, 0.29) is 18.1 Å². The Hall–Kier alpha value is -2.86. The van der Waals surface area contributed by atoms with E-state index in [0.29, 0.717) is 19.5 Å². The number of aromatic nitrogens is 2. The summed E-state index contributed by atoms with van der Waals surface area (Å²) < 4.78 is 8.35. The third-order valence-electron chi connectivity index (χ3n) is 5.37. The molecule has 1 saturated heterocycles.